The molecule has 0 aromatic carbocycles. The number of hydrogen-bond acceptors (Lipinski definition) is 7. The van der Waals surface area contributed by atoms with Crippen LogP contribution in [-0.2, 0) is 27.9 Å². The van der Waals surface area contributed by atoms with Crippen molar-refractivity contribution in [3.8, 4) is 0 Å². The van der Waals surface area contributed by atoms with Crippen LogP contribution >= 0.6 is 7.82 Å². The summed E-state index contributed by atoms with van der Waals surface area (Å²) in [6.07, 6.45) is 39.6. The molecule has 0 rings (SSSR count). The molecule has 48 heavy (non-hydrogen) atoms. The summed E-state index contributed by atoms with van der Waals surface area (Å²) in [6, 6.07) is 0. The zero-order valence-corrected chi connectivity index (χ0v) is 32.1. The maximum Gasteiger partial charge on any atom is 0.472 e. The van der Waals surface area contributed by atoms with Crippen molar-refractivity contribution < 1.29 is 32.8 Å². The third kappa shape index (κ3) is 36.3. The molecule has 8 nitrogen and oxygen atoms in total. The highest BCUT2D eigenvalue weighted by Crippen LogP contribution is 2.43. The second-order valence-corrected chi connectivity index (χ2v) is 14.6. The lowest BCUT2D eigenvalue weighted by atomic mass is 10.0. The van der Waals surface area contributed by atoms with Gasteiger partial charge in [0, 0.05) is 19.6 Å². The van der Waals surface area contributed by atoms with Gasteiger partial charge in [-0.05, 0) is 44.9 Å². The molecule has 0 heterocycles. The minimum absolute atomic E-state index is 0.0945. The fraction of sp³-hybridized carbons (Fsp3) is 0.872. The zero-order valence-electron chi connectivity index (χ0n) is 31.2. The number of phosphoric ester groups is 1. The van der Waals surface area contributed by atoms with Gasteiger partial charge in [0.2, 0.25) is 0 Å². The number of phosphoric acid groups is 1. The van der Waals surface area contributed by atoms with Crippen LogP contribution < -0.4 is 5.73 Å². The number of carbonyl (C=O) groups is 1. The SMILES string of the molecule is CCCCCCC/C=C\C/C=C\CCCCCCCCCCCCCCOCC(COP(=O)(O)OCCN)OC(=O)CCCCCCC. The van der Waals surface area contributed by atoms with Gasteiger partial charge in [-0.15, -0.1) is 0 Å². The molecule has 0 fully saturated rings. The zero-order chi connectivity index (χ0) is 35.2. The van der Waals surface area contributed by atoms with Crippen molar-refractivity contribution in [2.45, 2.75) is 187 Å². The molecule has 0 aliphatic rings. The topological polar surface area (TPSA) is 117 Å². The largest absolute Gasteiger partial charge is 0.472 e. The van der Waals surface area contributed by atoms with Gasteiger partial charge in [-0.1, -0.05) is 154 Å². The maximum atomic E-state index is 12.3. The molecule has 0 aliphatic carbocycles. The van der Waals surface area contributed by atoms with Crippen molar-refractivity contribution in [3.63, 3.8) is 0 Å². The molecule has 0 aliphatic heterocycles. The molecule has 9 heteroatoms. The predicted molar refractivity (Wildman–Crippen MR) is 201 cm³/mol. The van der Waals surface area contributed by atoms with E-state index < -0.39 is 13.9 Å². The summed E-state index contributed by atoms with van der Waals surface area (Å²) in [7, 11) is -4.26. The Labute approximate surface area is 296 Å². The molecule has 0 aromatic rings. The third-order valence-electron chi connectivity index (χ3n) is 8.37. The first-order valence-electron chi connectivity index (χ1n) is 19.8. The quantitative estimate of drug-likeness (QED) is 0.0283. The van der Waals surface area contributed by atoms with E-state index in [-0.39, 0.29) is 32.3 Å². The van der Waals surface area contributed by atoms with E-state index >= 15 is 0 Å². The molecular formula is C39H76NO7P. The van der Waals surface area contributed by atoms with E-state index in [1.807, 2.05) is 0 Å². The van der Waals surface area contributed by atoms with Crippen LogP contribution in [0, 0.1) is 0 Å². The van der Waals surface area contributed by atoms with Crippen molar-refractivity contribution in [1.29, 1.82) is 0 Å². The van der Waals surface area contributed by atoms with Gasteiger partial charge in [-0.3, -0.25) is 13.8 Å². The Morgan fingerprint density at radius 2 is 1.10 bits per heavy atom. The summed E-state index contributed by atoms with van der Waals surface area (Å²) in [4.78, 5) is 22.1. The molecule has 0 spiro atoms. The van der Waals surface area contributed by atoms with Gasteiger partial charge < -0.3 is 20.1 Å². The number of ether oxygens (including phenoxy) is 2. The van der Waals surface area contributed by atoms with Crippen LogP contribution in [0.1, 0.15) is 181 Å². The Kier molecular flexibility index (Phi) is 36.4. The van der Waals surface area contributed by atoms with Crippen LogP contribution in [0.4, 0.5) is 0 Å². The normalized spacial score (nSPS) is 13.8. The first-order chi connectivity index (χ1) is 23.4. The van der Waals surface area contributed by atoms with Crippen molar-refractivity contribution in [3.05, 3.63) is 24.3 Å². The first-order valence-corrected chi connectivity index (χ1v) is 21.3. The average Bonchev–Trinajstić information content (AvgIpc) is 3.07. The lowest BCUT2D eigenvalue weighted by molar-refractivity contribution is -0.154. The highest BCUT2D eigenvalue weighted by Gasteiger charge is 2.25. The molecule has 0 radical (unpaired) electrons. The second-order valence-electron chi connectivity index (χ2n) is 13.1. The summed E-state index contributed by atoms with van der Waals surface area (Å²) in [5.74, 6) is -0.343. The van der Waals surface area contributed by atoms with Crippen LogP contribution in [-0.4, -0.2) is 49.9 Å². The van der Waals surface area contributed by atoms with Crippen molar-refractivity contribution in [2.24, 2.45) is 5.73 Å². The van der Waals surface area contributed by atoms with Crippen LogP contribution in [0.2, 0.25) is 0 Å². The highest BCUT2D eigenvalue weighted by atomic mass is 31.2. The number of nitrogens with two attached hydrogens (primary N) is 1. The molecule has 0 aromatic heterocycles. The van der Waals surface area contributed by atoms with Crippen LogP contribution in [0.5, 0.6) is 0 Å². The minimum atomic E-state index is -4.26. The fourth-order valence-corrected chi connectivity index (χ4v) is 6.20. The number of carbonyl (C=O) groups excluding carboxylic acids is 1. The number of rotatable bonds is 38. The fourth-order valence-electron chi connectivity index (χ4n) is 5.44. The molecular weight excluding hydrogens is 625 g/mol. The van der Waals surface area contributed by atoms with Gasteiger partial charge in [0.1, 0.15) is 6.10 Å². The minimum Gasteiger partial charge on any atom is -0.457 e. The summed E-state index contributed by atoms with van der Waals surface area (Å²) in [6.45, 7) is 4.83. The Bertz CT molecular complexity index is 792. The Morgan fingerprint density at radius 3 is 1.62 bits per heavy atom. The number of unbranched alkanes of at least 4 members (excludes halogenated alkanes) is 21. The lowest BCUT2D eigenvalue weighted by Crippen LogP contribution is -2.28. The summed E-state index contributed by atoms with van der Waals surface area (Å²) < 4.78 is 33.1. The first kappa shape index (κ1) is 47.0. The van der Waals surface area contributed by atoms with Crippen molar-refractivity contribution in [2.75, 3.05) is 33.0 Å². The summed E-state index contributed by atoms with van der Waals surface area (Å²) in [5, 5.41) is 0. The van der Waals surface area contributed by atoms with Crippen molar-refractivity contribution >= 4 is 13.8 Å². The van der Waals surface area contributed by atoms with E-state index in [2.05, 4.69) is 38.2 Å². The molecule has 2 atom stereocenters. The van der Waals surface area contributed by atoms with Gasteiger partial charge in [0.15, 0.2) is 0 Å². The highest BCUT2D eigenvalue weighted by molar-refractivity contribution is 7.47. The molecule has 2 unspecified atom stereocenters. The number of esters is 1. The Hall–Kier alpha value is -1.02. The lowest BCUT2D eigenvalue weighted by Gasteiger charge is -2.20. The third-order valence-corrected chi connectivity index (χ3v) is 9.36. The predicted octanol–water partition coefficient (Wildman–Crippen LogP) is 11.3. The molecule has 0 saturated heterocycles. The Balaban J connectivity index is 3.78. The van der Waals surface area contributed by atoms with Gasteiger partial charge >= 0.3 is 13.8 Å². The average molecular weight is 702 g/mol. The van der Waals surface area contributed by atoms with E-state index in [4.69, 9.17) is 24.3 Å². The number of hydrogen-bond donors (Lipinski definition) is 2. The standard InChI is InChI=1S/C39H76NO7P/c1-3-5-7-9-10-11-12-13-14-15-16-17-18-19-20-21-22-23-24-25-26-27-29-31-34-44-36-38(37-46-48(42,43)45-35-33-40)47-39(41)32-30-28-8-6-4-2/h12-13,15-16,38H,3-11,14,17-37,40H2,1-2H3,(H,42,43)/b13-12-,16-15-. The van der Waals surface area contributed by atoms with E-state index in [1.54, 1.807) is 0 Å². The van der Waals surface area contributed by atoms with Crippen molar-refractivity contribution in [1.82, 2.24) is 0 Å². The molecule has 0 bridgehead atoms. The maximum absolute atomic E-state index is 12.3. The molecule has 0 amide bonds. The van der Waals surface area contributed by atoms with E-state index in [0.717, 1.165) is 51.4 Å². The van der Waals surface area contributed by atoms with Gasteiger partial charge in [0.05, 0.1) is 19.8 Å². The van der Waals surface area contributed by atoms with Gasteiger partial charge in [-0.25, -0.2) is 4.57 Å². The molecule has 0 saturated carbocycles. The van der Waals surface area contributed by atoms with E-state index in [9.17, 15) is 14.3 Å². The van der Waals surface area contributed by atoms with Crippen LogP contribution in [0.25, 0.3) is 0 Å². The van der Waals surface area contributed by atoms with E-state index in [1.165, 1.54) is 109 Å². The van der Waals surface area contributed by atoms with Crippen LogP contribution in [0.15, 0.2) is 24.3 Å². The second kappa shape index (κ2) is 37.2. The Morgan fingerprint density at radius 1 is 0.625 bits per heavy atom. The van der Waals surface area contributed by atoms with Gasteiger partial charge in [0.25, 0.3) is 0 Å². The summed E-state index contributed by atoms with van der Waals surface area (Å²) in [5.41, 5.74) is 5.33. The molecule has 3 N–H and O–H groups in total. The number of allylic oxidation sites excluding steroid dienone is 4. The summed E-state index contributed by atoms with van der Waals surface area (Å²) >= 11 is 0. The molecule has 284 valence electrons. The van der Waals surface area contributed by atoms with Gasteiger partial charge in [-0.2, -0.15) is 0 Å². The van der Waals surface area contributed by atoms with E-state index in [0.29, 0.717) is 13.0 Å². The van der Waals surface area contributed by atoms with Crippen LogP contribution in [0.3, 0.4) is 0 Å². The smallest absolute Gasteiger partial charge is 0.457 e. The monoisotopic (exact) mass is 702 g/mol.